The Labute approximate surface area is 187 Å². The second-order valence-corrected chi connectivity index (χ2v) is 9.32. The highest BCUT2D eigenvalue weighted by Crippen LogP contribution is 2.37. The van der Waals surface area contributed by atoms with Crippen molar-refractivity contribution in [3.8, 4) is 5.69 Å². The summed E-state index contributed by atoms with van der Waals surface area (Å²) in [4.78, 5) is 15.6. The van der Waals surface area contributed by atoms with Crippen LogP contribution in [0.5, 0.6) is 0 Å². The number of hydrogen-bond donors (Lipinski definition) is 1. The lowest BCUT2D eigenvalue weighted by Crippen LogP contribution is -2.30. The van der Waals surface area contributed by atoms with E-state index in [4.69, 9.17) is 0 Å². The Kier molecular flexibility index (Phi) is 6.04. The van der Waals surface area contributed by atoms with E-state index in [0.29, 0.717) is 6.04 Å². The van der Waals surface area contributed by atoms with Crippen molar-refractivity contribution in [1.82, 2.24) is 25.0 Å². The average Bonchev–Trinajstić information content (AvgIpc) is 3.31. The molecule has 0 radical (unpaired) electrons. The van der Waals surface area contributed by atoms with Crippen molar-refractivity contribution in [2.75, 3.05) is 13.1 Å². The van der Waals surface area contributed by atoms with E-state index in [-0.39, 0.29) is 11.2 Å². The van der Waals surface area contributed by atoms with E-state index in [1.807, 2.05) is 48.5 Å². The molecule has 1 aliphatic heterocycles. The van der Waals surface area contributed by atoms with Crippen molar-refractivity contribution in [1.29, 1.82) is 0 Å². The van der Waals surface area contributed by atoms with Crippen LogP contribution in [0.1, 0.15) is 42.3 Å². The molecule has 1 saturated heterocycles. The first-order valence-electron chi connectivity index (χ1n) is 11.0. The summed E-state index contributed by atoms with van der Waals surface area (Å²) >= 11 is 1.48. The summed E-state index contributed by atoms with van der Waals surface area (Å²) < 4.78 is 2.11. The Balaban J connectivity index is 1.48. The number of aromatic nitrogens is 3. The number of benzene rings is 2. The number of likely N-dealkylation sites (tertiary alicyclic amines) is 1. The Hall–Kier alpha value is -2.64. The van der Waals surface area contributed by atoms with E-state index < -0.39 is 0 Å². The van der Waals surface area contributed by atoms with Crippen molar-refractivity contribution in [3.05, 3.63) is 72.1 Å². The topological polar surface area (TPSA) is 63.1 Å². The molecule has 1 aliphatic carbocycles. The predicted octanol–water partition coefficient (Wildman–Crippen LogP) is 3.98. The number of hydrogen-bond acceptors (Lipinski definition) is 5. The maximum absolute atomic E-state index is 13.1. The van der Waals surface area contributed by atoms with Gasteiger partial charge in [-0.25, -0.2) is 0 Å². The Morgan fingerprint density at radius 2 is 1.68 bits per heavy atom. The summed E-state index contributed by atoms with van der Waals surface area (Å²) in [5.41, 5.74) is 2.01. The first kappa shape index (κ1) is 20.3. The van der Waals surface area contributed by atoms with E-state index in [9.17, 15) is 4.79 Å². The summed E-state index contributed by atoms with van der Waals surface area (Å²) in [6.07, 6.45) is 4.60. The molecule has 0 bridgehead atoms. The molecule has 31 heavy (non-hydrogen) atoms. The van der Waals surface area contributed by atoms with Gasteiger partial charge >= 0.3 is 0 Å². The molecule has 1 aromatic heterocycles. The summed E-state index contributed by atoms with van der Waals surface area (Å²) in [7, 11) is 0. The summed E-state index contributed by atoms with van der Waals surface area (Å²) in [5.74, 6) is 0.965. The van der Waals surface area contributed by atoms with Crippen LogP contribution < -0.4 is 5.32 Å². The van der Waals surface area contributed by atoms with E-state index in [1.54, 1.807) is 0 Å². The Bertz CT molecular complexity index is 1010. The zero-order valence-corrected chi connectivity index (χ0v) is 18.3. The summed E-state index contributed by atoms with van der Waals surface area (Å²) in [6, 6.07) is 20.5. The van der Waals surface area contributed by atoms with Crippen LogP contribution >= 0.6 is 11.8 Å². The largest absolute Gasteiger partial charge is 0.352 e. The number of amides is 1. The smallest absolute Gasteiger partial charge is 0.238 e. The van der Waals surface area contributed by atoms with Crippen LogP contribution in [0.15, 0.2) is 65.8 Å². The minimum absolute atomic E-state index is 0.0439. The molecule has 2 fully saturated rings. The zero-order chi connectivity index (χ0) is 21.0. The van der Waals surface area contributed by atoms with Gasteiger partial charge in [0.25, 0.3) is 0 Å². The minimum atomic E-state index is -0.368. The van der Waals surface area contributed by atoms with Gasteiger partial charge in [-0.1, -0.05) is 60.3 Å². The maximum Gasteiger partial charge on any atom is 0.238 e. The van der Waals surface area contributed by atoms with Gasteiger partial charge in [0.2, 0.25) is 5.91 Å². The van der Waals surface area contributed by atoms with Gasteiger partial charge in [-0.3, -0.25) is 14.3 Å². The summed E-state index contributed by atoms with van der Waals surface area (Å²) in [6.45, 7) is 2.97. The molecule has 5 rings (SSSR count). The molecule has 0 spiro atoms. The normalized spacial score (nSPS) is 17.5. The SMILES string of the molecule is O=C(NC1CC1)C(Sc1nnc(CN2CCCC2)n1-c1ccccc1)c1ccccc1. The van der Waals surface area contributed by atoms with E-state index in [2.05, 4.69) is 37.1 Å². The van der Waals surface area contributed by atoms with Crippen LogP contribution in [0.3, 0.4) is 0 Å². The van der Waals surface area contributed by atoms with Crippen LogP contribution in [0.2, 0.25) is 0 Å². The zero-order valence-electron chi connectivity index (χ0n) is 17.5. The fraction of sp³-hybridized carbons (Fsp3) is 0.375. The number of nitrogens with one attached hydrogen (secondary N) is 1. The highest BCUT2D eigenvalue weighted by molar-refractivity contribution is 8.00. The minimum Gasteiger partial charge on any atom is -0.352 e. The van der Waals surface area contributed by atoms with Crippen LogP contribution in [0.4, 0.5) is 0 Å². The van der Waals surface area contributed by atoms with E-state index >= 15 is 0 Å². The second-order valence-electron chi connectivity index (χ2n) is 8.24. The molecule has 1 saturated carbocycles. The number of nitrogens with zero attached hydrogens (tertiary/aromatic N) is 4. The van der Waals surface area contributed by atoms with Gasteiger partial charge in [0, 0.05) is 11.7 Å². The molecule has 2 aliphatic rings. The first-order chi connectivity index (χ1) is 15.3. The molecule has 3 aromatic rings. The fourth-order valence-corrected chi connectivity index (χ4v) is 5.05. The highest BCUT2D eigenvalue weighted by atomic mass is 32.2. The molecule has 2 heterocycles. The van der Waals surface area contributed by atoms with Gasteiger partial charge in [0.1, 0.15) is 5.25 Å². The molecule has 1 unspecified atom stereocenters. The molecule has 6 nitrogen and oxygen atoms in total. The van der Waals surface area contributed by atoms with Crippen LogP contribution in [0.25, 0.3) is 5.69 Å². The number of rotatable bonds is 8. The molecule has 1 atom stereocenters. The monoisotopic (exact) mass is 433 g/mol. The molecule has 2 aromatic carbocycles. The first-order valence-corrected chi connectivity index (χ1v) is 11.9. The van der Waals surface area contributed by atoms with Crippen LogP contribution in [-0.2, 0) is 11.3 Å². The number of carbonyl (C=O) groups is 1. The van der Waals surface area contributed by atoms with Crippen molar-refractivity contribution in [3.63, 3.8) is 0 Å². The number of para-hydroxylation sites is 1. The van der Waals surface area contributed by atoms with Crippen molar-refractivity contribution in [2.24, 2.45) is 0 Å². The number of carbonyl (C=O) groups excluding carboxylic acids is 1. The fourth-order valence-electron chi connectivity index (χ4n) is 3.97. The van der Waals surface area contributed by atoms with Gasteiger partial charge in [-0.15, -0.1) is 10.2 Å². The average molecular weight is 434 g/mol. The lowest BCUT2D eigenvalue weighted by Gasteiger charge is -2.19. The van der Waals surface area contributed by atoms with Crippen LogP contribution in [0, 0.1) is 0 Å². The second kappa shape index (κ2) is 9.24. The van der Waals surface area contributed by atoms with E-state index in [1.165, 1.54) is 24.6 Å². The third kappa shape index (κ3) is 4.83. The van der Waals surface area contributed by atoms with Gasteiger partial charge in [0.05, 0.1) is 6.54 Å². The van der Waals surface area contributed by atoms with Gasteiger partial charge in [-0.2, -0.15) is 0 Å². The third-order valence-corrected chi connectivity index (χ3v) is 6.96. The van der Waals surface area contributed by atoms with Crippen molar-refractivity contribution < 1.29 is 4.79 Å². The molecule has 1 amide bonds. The van der Waals surface area contributed by atoms with Gasteiger partial charge in [0.15, 0.2) is 11.0 Å². The molecule has 160 valence electrons. The molecular weight excluding hydrogens is 406 g/mol. The summed E-state index contributed by atoms with van der Waals surface area (Å²) in [5, 5.41) is 12.7. The van der Waals surface area contributed by atoms with E-state index in [0.717, 1.165) is 54.7 Å². The standard InChI is InChI=1S/C24H27N5OS/c30-23(25-19-13-14-19)22(18-9-3-1-4-10-18)31-24-27-26-21(17-28-15-7-8-16-28)29(24)20-11-5-2-6-12-20/h1-6,9-12,19,22H,7-8,13-17H2,(H,25,30). The molecule has 7 heteroatoms. The van der Waals surface area contributed by atoms with Crippen molar-refractivity contribution >= 4 is 17.7 Å². The highest BCUT2D eigenvalue weighted by Gasteiger charge is 2.31. The van der Waals surface area contributed by atoms with Gasteiger partial charge < -0.3 is 5.32 Å². The lowest BCUT2D eigenvalue weighted by atomic mass is 10.1. The van der Waals surface area contributed by atoms with Crippen molar-refractivity contribution in [2.45, 2.75) is 48.7 Å². The third-order valence-electron chi connectivity index (χ3n) is 5.77. The Morgan fingerprint density at radius 3 is 2.35 bits per heavy atom. The number of thioether (sulfide) groups is 1. The molecular formula is C24H27N5OS. The maximum atomic E-state index is 13.1. The van der Waals surface area contributed by atoms with Gasteiger partial charge in [-0.05, 0) is 56.5 Å². The molecule has 1 N–H and O–H groups in total. The predicted molar refractivity (Wildman–Crippen MR) is 122 cm³/mol. The lowest BCUT2D eigenvalue weighted by molar-refractivity contribution is -0.120. The van der Waals surface area contributed by atoms with Crippen LogP contribution in [-0.4, -0.2) is 44.7 Å². The quantitative estimate of drug-likeness (QED) is 0.545. The Morgan fingerprint density at radius 1 is 1.00 bits per heavy atom.